The van der Waals surface area contributed by atoms with Crippen LogP contribution >= 0.6 is 11.3 Å². The van der Waals surface area contributed by atoms with E-state index in [9.17, 15) is 14.9 Å². The topological polar surface area (TPSA) is 104 Å². The fourth-order valence-electron chi connectivity index (χ4n) is 2.57. The van der Waals surface area contributed by atoms with Crippen LogP contribution in [0.4, 0.5) is 10.8 Å². The van der Waals surface area contributed by atoms with Crippen LogP contribution < -0.4 is 14.8 Å². The van der Waals surface area contributed by atoms with Crippen LogP contribution in [0.25, 0.3) is 17.3 Å². The van der Waals surface area contributed by atoms with E-state index in [4.69, 9.17) is 9.47 Å². The Morgan fingerprint density at radius 1 is 1.17 bits per heavy atom. The summed E-state index contributed by atoms with van der Waals surface area (Å²) >= 11 is 1.27. The monoisotopic (exact) mass is 411 g/mol. The van der Waals surface area contributed by atoms with Gasteiger partial charge in [0, 0.05) is 23.1 Å². The molecule has 0 saturated carbocycles. The predicted molar refractivity (Wildman–Crippen MR) is 111 cm³/mol. The first-order valence-corrected chi connectivity index (χ1v) is 9.30. The van der Waals surface area contributed by atoms with E-state index in [1.807, 2.05) is 11.4 Å². The second-order valence-electron chi connectivity index (χ2n) is 5.75. The van der Waals surface area contributed by atoms with Gasteiger partial charge in [-0.15, -0.1) is 11.3 Å². The summed E-state index contributed by atoms with van der Waals surface area (Å²) in [7, 11) is 3.11. The lowest BCUT2D eigenvalue weighted by Gasteiger charge is -2.08. The fraction of sp³-hybridized carbons (Fsp3) is 0.100. The Hall–Kier alpha value is -3.72. The molecular weight excluding hydrogens is 394 g/mol. The second kappa shape index (κ2) is 8.98. The second-order valence-corrected chi connectivity index (χ2v) is 6.60. The molecule has 29 heavy (non-hydrogen) atoms. The minimum absolute atomic E-state index is 0.0680. The Morgan fingerprint density at radius 2 is 1.93 bits per heavy atom. The third kappa shape index (κ3) is 4.77. The van der Waals surface area contributed by atoms with Crippen molar-refractivity contribution in [1.29, 1.82) is 0 Å². The van der Waals surface area contributed by atoms with E-state index in [0.717, 1.165) is 5.56 Å². The molecule has 1 aromatic heterocycles. The van der Waals surface area contributed by atoms with Gasteiger partial charge in [-0.3, -0.25) is 20.2 Å². The lowest BCUT2D eigenvalue weighted by atomic mass is 10.1. The van der Waals surface area contributed by atoms with Gasteiger partial charge in [0.2, 0.25) is 5.91 Å². The summed E-state index contributed by atoms with van der Waals surface area (Å²) in [5.74, 6) is 0.757. The van der Waals surface area contributed by atoms with Gasteiger partial charge in [0.25, 0.3) is 5.69 Å². The number of nitro benzene ring substituents is 1. The number of thiazole rings is 1. The number of para-hydroxylation sites is 1. The largest absolute Gasteiger partial charge is 0.493 e. The highest BCUT2D eigenvalue weighted by Gasteiger charge is 2.12. The molecule has 9 heteroatoms. The van der Waals surface area contributed by atoms with Crippen molar-refractivity contribution in [2.75, 3.05) is 19.5 Å². The molecule has 0 spiro atoms. The first-order chi connectivity index (χ1) is 14.0. The van der Waals surface area contributed by atoms with E-state index in [-0.39, 0.29) is 5.69 Å². The highest BCUT2D eigenvalue weighted by atomic mass is 32.1. The van der Waals surface area contributed by atoms with Crippen molar-refractivity contribution in [3.8, 4) is 22.8 Å². The van der Waals surface area contributed by atoms with E-state index in [1.165, 1.54) is 29.6 Å². The number of carbonyl (C=O) groups excluding carboxylic acids is 1. The van der Waals surface area contributed by atoms with Crippen molar-refractivity contribution >= 4 is 34.1 Å². The van der Waals surface area contributed by atoms with Gasteiger partial charge in [0.1, 0.15) is 0 Å². The average molecular weight is 411 g/mol. The van der Waals surface area contributed by atoms with E-state index >= 15 is 0 Å². The predicted octanol–water partition coefficient (Wildman–Crippen LogP) is 4.39. The molecule has 0 atom stereocenters. The van der Waals surface area contributed by atoms with Gasteiger partial charge in [-0.2, -0.15) is 0 Å². The molecule has 0 unspecified atom stereocenters. The third-order valence-corrected chi connectivity index (χ3v) is 4.72. The SMILES string of the molecule is COc1ccc(-c2csc(NC(=O)/C=C/c3ccccc3[N+](=O)[O-])n2)cc1OC. The maximum atomic E-state index is 12.2. The molecule has 0 aliphatic heterocycles. The highest BCUT2D eigenvalue weighted by molar-refractivity contribution is 7.14. The number of carbonyl (C=O) groups is 1. The summed E-state index contributed by atoms with van der Waals surface area (Å²) in [6.45, 7) is 0. The molecule has 1 N–H and O–H groups in total. The van der Waals surface area contributed by atoms with E-state index in [1.54, 1.807) is 44.6 Å². The van der Waals surface area contributed by atoms with E-state index < -0.39 is 10.8 Å². The zero-order valence-corrected chi connectivity index (χ0v) is 16.4. The molecule has 3 aromatic rings. The summed E-state index contributed by atoms with van der Waals surface area (Å²) in [5.41, 5.74) is 1.77. The Morgan fingerprint density at radius 3 is 2.66 bits per heavy atom. The minimum Gasteiger partial charge on any atom is -0.493 e. The Bertz CT molecular complexity index is 1080. The molecule has 8 nitrogen and oxygen atoms in total. The lowest BCUT2D eigenvalue weighted by molar-refractivity contribution is -0.385. The summed E-state index contributed by atoms with van der Waals surface area (Å²) < 4.78 is 10.5. The minimum atomic E-state index is -0.492. The summed E-state index contributed by atoms with van der Waals surface area (Å²) in [6.07, 6.45) is 2.64. The highest BCUT2D eigenvalue weighted by Crippen LogP contribution is 2.33. The number of amides is 1. The van der Waals surface area contributed by atoms with Crippen molar-refractivity contribution in [3.05, 3.63) is 69.6 Å². The van der Waals surface area contributed by atoms with Gasteiger partial charge in [0.05, 0.1) is 30.4 Å². The molecule has 1 heterocycles. The number of hydrogen-bond donors (Lipinski definition) is 1. The zero-order valence-electron chi connectivity index (χ0n) is 15.6. The zero-order chi connectivity index (χ0) is 20.8. The maximum absolute atomic E-state index is 12.2. The molecule has 1 amide bonds. The number of nitrogens with zero attached hydrogens (tertiary/aromatic N) is 2. The van der Waals surface area contributed by atoms with Crippen LogP contribution in [-0.4, -0.2) is 30.0 Å². The first-order valence-electron chi connectivity index (χ1n) is 8.42. The number of methoxy groups -OCH3 is 2. The molecule has 0 radical (unpaired) electrons. The Kier molecular flexibility index (Phi) is 6.20. The van der Waals surface area contributed by atoms with Gasteiger partial charge in [-0.05, 0) is 30.3 Å². The van der Waals surface area contributed by atoms with Crippen molar-refractivity contribution in [2.45, 2.75) is 0 Å². The van der Waals surface area contributed by atoms with Crippen molar-refractivity contribution in [3.63, 3.8) is 0 Å². The summed E-state index contributed by atoms with van der Waals surface area (Å²) in [5, 5.41) is 15.9. The normalized spacial score (nSPS) is 10.7. The van der Waals surface area contributed by atoms with Crippen molar-refractivity contribution < 1.29 is 19.2 Å². The van der Waals surface area contributed by atoms with Crippen LogP contribution in [0, 0.1) is 10.1 Å². The molecular formula is C20H17N3O5S. The Labute approximate surface area is 170 Å². The van der Waals surface area contributed by atoms with Gasteiger partial charge >= 0.3 is 0 Å². The summed E-state index contributed by atoms with van der Waals surface area (Å²) in [6, 6.07) is 11.6. The number of anilines is 1. The number of rotatable bonds is 7. The van der Waals surface area contributed by atoms with E-state index in [2.05, 4.69) is 10.3 Å². The van der Waals surface area contributed by atoms with Crippen molar-refractivity contribution in [1.82, 2.24) is 4.98 Å². The molecule has 148 valence electrons. The summed E-state index contributed by atoms with van der Waals surface area (Å²) in [4.78, 5) is 27.1. The number of ether oxygens (including phenoxy) is 2. The van der Waals surface area contributed by atoms with Gasteiger partial charge < -0.3 is 9.47 Å². The molecule has 0 saturated heterocycles. The number of hydrogen-bond acceptors (Lipinski definition) is 7. The molecule has 3 rings (SSSR count). The van der Waals surface area contributed by atoms with Gasteiger partial charge in [-0.1, -0.05) is 12.1 Å². The number of nitrogens with one attached hydrogen (secondary N) is 1. The van der Waals surface area contributed by atoms with Crippen LogP contribution in [0.3, 0.4) is 0 Å². The van der Waals surface area contributed by atoms with Crippen LogP contribution in [0.1, 0.15) is 5.56 Å². The quantitative estimate of drug-likeness (QED) is 0.351. The average Bonchev–Trinajstić information content (AvgIpc) is 3.20. The molecule has 0 fully saturated rings. The number of aromatic nitrogens is 1. The smallest absolute Gasteiger partial charge is 0.276 e. The lowest BCUT2D eigenvalue weighted by Crippen LogP contribution is -2.07. The van der Waals surface area contributed by atoms with Crippen LogP contribution in [0.15, 0.2) is 53.9 Å². The van der Waals surface area contributed by atoms with E-state index in [0.29, 0.717) is 27.9 Å². The van der Waals surface area contributed by atoms with Gasteiger partial charge in [0.15, 0.2) is 16.6 Å². The first kappa shape index (κ1) is 20.0. The Balaban J connectivity index is 1.72. The molecule has 2 aromatic carbocycles. The van der Waals surface area contributed by atoms with Gasteiger partial charge in [-0.25, -0.2) is 4.98 Å². The van der Waals surface area contributed by atoms with Crippen LogP contribution in [0.5, 0.6) is 11.5 Å². The molecule has 0 aliphatic rings. The third-order valence-electron chi connectivity index (χ3n) is 3.96. The standard InChI is InChI=1S/C20H17N3O5S/c1-27-17-9-7-14(11-18(17)28-2)15-12-29-20(21-15)22-19(24)10-8-13-5-3-4-6-16(13)23(25)26/h3-12H,1-2H3,(H,21,22,24)/b10-8+. The van der Waals surface area contributed by atoms with Crippen LogP contribution in [-0.2, 0) is 4.79 Å². The van der Waals surface area contributed by atoms with Crippen molar-refractivity contribution in [2.24, 2.45) is 0 Å². The molecule has 0 aliphatic carbocycles. The number of benzene rings is 2. The molecule has 0 bridgehead atoms. The number of nitro groups is 1. The fourth-order valence-corrected chi connectivity index (χ4v) is 3.29. The maximum Gasteiger partial charge on any atom is 0.276 e. The van der Waals surface area contributed by atoms with Crippen LogP contribution in [0.2, 0.25) is 0 Å².